The smallest absolute Gasteiger partial charge is 0.291 e. The monoisotopic (exact) mass is 404 g/mol. The summed E-state index contributed by atoms with van der Waals surface area (Å²) in [4.78, 5) is 16.6. The second kappa shape index (κ2) is 7.89. The van der Waals surface area contributed by atoms with Gasteiger partial charge < -0.3 is 5.32 Å². The van der Waals surface area contributed by atoms with Gasteiger partial charge in [-0.05, 0) is 43.3 Å². The van der Waals surface area contributed by atoms with Gasteiger partial charge >= 0.3 is 0 Å². The molecule has 0 spiro atoms. The Hall–Kier alpha value is -2.71. The number of nitrogens with zero attached hydrogens (tertiary/aromatic N) is 3. The van der Waals surface area contributed by atoms with Crippen molar-refractivity contribution in [3.8, 4) is 5.69 Å². The molecular weight excluding hydrogens is 388 g/mol. The Labute approximate surface area is 161 Å². The van der Waals surface area contributed by atoms with Gasteiger partial charge in [0.25, 0.3) is 5.91 Å². The van der Waals surface area contributed by atoms with Crippen LogP contribution in [0.5, 0.6) is 0 Å². The van der Waals surface area contributed by atoms with E-state index < -0.39 is 15.7 Å². The number of rotatable bonds is 6. The predicted octanol–water partition coefficient (Wildman–Crippen LogP) is 2.43. The molecule has 2 aromatic carbocycles. The van der Waals surface area contributed by atoms with E-state index in [1.807, 2.05) is 0 Å². The van der Waals surface area contributed by atoms with Crippen molar-refractivity contribution in [1.29, 1.82) is 0 Å². The molecule has 0 radical (unpaired) electrons. The Morgan fingerprint density at radius 3 is 2.44 bits per heavy atom. The van der Waals surface area contributed by atoms with E-state index in [9.17, 15) is 13.2 Å². The molecule has 27 heavy (non-hydrogen) atoms. The molecule has 0 aliphatic carbocycles. The standard InChI is InChI=1S/C18H17ClN4O3S/c1-13-21-17(22-23(13)15-9-7-14(19)8-10-15)18(24)20-11-12-27(25,26)16-5-3-2-4-6-16/h2-10H,11-12H2,1H3,(H,20,24). The Kier molecular flexibility index (Phi) is 5.57. The molecule has 0 bridgehead atoms. The normalized spacial score (nSPS) is 11.3. The fraction of sp³-hybridized carbons (Fsp3) is 0.167. The zero-order chi connectivity index (χ0) is 19.4. The van der Waals surface area contributed by atoms with Crippen LogP contribution in [0.1, 0.15) is 16.4 Å². The van der Waals surface area contributed by atoms with Crippen LogP contribution < -0.4 is 5.32 Å². The van der Waals surface area contributed by atoms with Crippen LogP contribution in [0, 0.1) is 6.92 Å². The third-order valence-corrected chi connectivity index (χ3v) is 5.79. The average molecular weight is 405 g/mol. The molecule has 140 valence electrons. The van der Waals surface area contributed by atoms with Gasteiger partial charge in [0.2, 0.25) is 5.82 Å². The van der Waals surface area contributed by atoms with Crippen molar-refractivity contribution in [2.24, 2.45) is 0 Å². The lowest BCUT2D eigenvalue weighted by molar-refractivity contribution is 0.0946. The quantitative estimate of drug-likeness (QED) is 0.681. The largest absolute Gasteiger partial charge is 0.348 e. The number of benzene rings is 2. The molecule has 0 aliphatic rings. The van der Waals surface area contributed by atoms with Crippen LogP contribution in [0.3, 0.4) is 0 Å². The maximum atomic E-state index is 12.3. The SMILES string of the molecule is Cc1nc(C(=O)NCCS(=O)(=O)c2ccccc2)nn1-c1ccc(Cl)cc1. The Morgan fingerprint density at radius 2 is 1.78 bits per heavy atom. The summed E-state index contributed by atoms with van der Waals surface area (Å²) >= 11 is 5.87. The van der Waals surface area contributed by atoms with E-state index in [-0.39, 0.29) is 23.0 Å². The lowest BCUT2D eigenvalue weighted by Crippen LogP contribution is -2.30. The van der Waals surface area contributed by atoms with E-state index in [1.54, 1.807) is 49.4 Å². The van der Waals surface area contributed by atoms with Gasteiger partial charge in [0.15, 0.2) is 9.84 Å². The van der Waals surface area contributed by atoms with Gasteiger partial charge in [0.05, 0.1) is 16.3 Å². The van der Waals surface area contributed by atoms with E-state index >= 15 is 0 Å². The molecule has 0 saturated heterocycles. The first-order chi connectivity index (χ1) is 12.9. The molecule has 1 aromatic heterocycles. The number of hydrogen-bond donors (Lipinski definition) is 1. The summed E-state index contributed by atoms with van der Waals surface area (Å²) in [6, 6.07) is 15.1. The molecule has 1 amide bonds. The van der Waals surface area contributed by atoms with Crippen molar-refractivity contribution >= 4 is 27.3 Å². The summed E-state index contributed by atoms with van der Waals surface area (Å²) in [5, 5.41) is 7.32. The van der Waals surface area contributed by atoms with Crippen molar-refractivity contribution in [3.63, 3.8) is 0 Å². The van der Waals surface area contributed by atoms with Gasteiger partial charge in [-0.2, -0.15) is 0 Å². The van der Waals surface area contributed by atoms with Crippen molar-refractivity contribution in [3.05, 3.63) is 71.3 Å². The third kappa shape index (κ3) is 4.53. The highest BCUT2D eigenvalue weighted by atomic mass is 35.5. The van der Waals surface area contributed by atoms with E-state index in [0.717, 1.165) is 5.69 Å². The zero-order valence-electron chi connectivity index (χ0n) is 14.5. The summed E-state index contributed by atoms with van der Waals surface area (Å²) in [5.41, 5.74) is 0.718. The van der Waals surface area contributed by atoms with Crippen LogP contribution in [-0.4, -0.2) is 41.4 Å². The average Bonchev–Trinajstić information content (AvgIpc) is 3.05. The summed E-state index contributed by atoms with van der Waals surface area (Å²) in [5.74, 6) is -0.243. The second-order valence-corrected chi connectivity index (χ2v) is 8.30. The van der Waals surface area contributed by atoms with Crippen LogP contribution in [0.15, 0.2) is 59.5 Å². The summed E-state index contributed by atoms with van der Waals surface area (Å²) in [6.07, 6.45) is 0. The van der Waals surface area contributed by atoms with Gasteiger partial charge in [0.1, 0.15) is 5.82 Å². The van der Waals surface area contributed by atoms with Crippen LogP contribution in [0.2, 0.25) is 5.02 Å². The molecule has 1 N–H and O–H groups in total. The first-order valence-electron chi connectivity index (χ1n) is 8.12. The maximum absolute atomic E-state index is 12.3. The number of halogens is 1. The molecule has 9 heteroatoms. The molecule has 3 rings (SSSR count). The van der Waals surface area contributed by atoms with Gasteiger partial charge in [-0.25, -0.2) is 18.1 Å². The molecule has 0 saturated carbocycles. The number of hydrogen-bond acceptors (Lipinski definition) is 5. The third-order valence-electron chi connectivity index (χ3n) is 3.80. The minimum Gasteiger partial charge on any atom is -0.348 e. The first kappa shape index (κ1) is 19.1. The highest BCUT2D eigenvalue weighted by Crippen LogP contribution is 2.14. The zero-order valence-corrected chi connectivity index (χ0v) is 16.0. The highest BCUT2D eigenvalue weighted by molar-refractivity contribution is 7.91. The second-order valence-electron chi connectivity index (χ2n) is 5.76. The molecular formula is C18H17ClN4O3S. The van der Waals surface area contributed by atoms with E-state index in [0.29, 0.717) is 10.8 Å². The number of sulfone groups is 1. The van der Waals surface area contributed by atoms with Crippen LogP contribution in [0.25, 0.3) is 5.69 Å². The molecule has 0 unspecified atom stereocenters. The number of carbonyl (C=O) groups excluding carboxylic acids is 1. The van der Waals surface area contributed by atoms with Gasteiger partial charge in [0, 0.05) is 11.6 Å². The van der Waals surface area contributed by atoms with Gasteiger partial charge in [-0.3, -0.25) is 4.79 Å². The Balaban J connectivity index is 1.65. The lowest BCUT2D eigenvalue weighted by Gasteiger charge is -2.05. The van der Waals surface area contributed by atoms with Crippen molar-refractivity contribution in [2.45, 2.75) is 11.8 Å². The number of aromatic nitrogens is 3. The molecule has 0 fully saturated rings. The Bertz CT molecular complexity index is 1050. The van der Waals surface area contributed by atoms with E-state index in [4.69, 9.17) is 11.6 Å². The molecule has 0 aliphatic heterocycles. The lowest BCUT2D eigenvalue weighted by atomic mass is 10.3. The maximum Gasteiger partial charge on any atom is 0.291 e. The molecule has 7 nitrogen and oxygen atoms in total. The van der Waals surface area contributed by atoms with Gasteiger partial charge in [-0.1, -0.05) is 29.8 Å². The van der Waals surface area contributed by atoms with Crippen molar-refractivity contribution < 1.29 is 13.2 Å². The summed E-state index contributed by atoms with van der Waals surface area (Å²) in [7, 11) is -3.46. The topological polar surface area (TPSA) is 93.9 Å². The highest BCUT2D eigenvalue weighted by Gasteiger charge is 2.17. The minimum absolute atomic E-state index is 0.0282. The summed E-state index contributed by atoms with van der Waals surface area (Å²) in [6.45, 7) is 1.68. The minimum atomic E-state index is -3.46. The molecule has 3 aromatic rings. The summed E-state index contributed by atoms with van der Waals surface area (Å²) < 4.78 is 26.0. The number of amides is 1. The van der Waals surface area contributed by atoms with Crippen LogP contribution in [-0.2, 0) is 9.84 Å². The Morgan fingerprint density at radius 1 is 1.11 bits per heavy atom. The molecule has 0 atom stereocenters. The predicted molar refractivity (Wildman–Crippen MR) is 102 cm³/mol. The van der Waals surface area contributed by atoms with Crippen LogP contribution >= 0.6 is 11.6 Å². The molecule has 1 heterocycles. The fourth-order valence-electron chi connectivity index (χ4n) is 2.44. The fourth-order valence-corrected chi connectivity index (χ4v) is 3.74. The van der Waals surface area contributed by atoms with E-state index in [1.165, 1.54) is 16.8 Å². The number of aryl methyl sites for hydroxylation is 1. The van der Waals surface area contributed by atoms with E-state index in [2.05, 4.69) is 15.4 Å². The first-order valence-corrected chi connectivity index (χ1v) is 10.2. The van der Waals surface area contributed by atoms with Crippen molar-refractivity contribution in [2.75, 3.05) is 12.3 Å². The van der Waals surface area contributed by atoms with Gasteiger partial charge in [-0.15, -0.1) is 5.10 Å². The van der Waals surface area contributed by atoms with Crippen LogP contribution in [0.4, 0.5) is 0 Å². The number of carbonyl (C=O) groups is 1. The number of nitrogens with one attached hydrogen (secondary N) is 1. The van der Waals surface area contributed by atoms with Crippen molar-refractivity contribution in [1.82, 2.24) is 20.1 Å².